The molecule has 0 bridgehead atoms. The fourth-order valence-corrected chi connectivity index (χ4v) is 3.62. The van der Waals surface area contributed by atoms with Gasteiger partial charge in [-0.15, -0.1) is 0 Å². The standard InChI is InChI=1S/C24H23ClN4O4/c1-32-21-8-5-17(13-22(21)33-2)19-14-20-24(31)28(11-12-29(20)27-19)15-23(30)26-10-9-16-3-6-18(25)7-4-16/h3-8,11-14H,9-10,15H2,1-2H3,(H,26,30). The van der Waals surface area contributed by atoms with Gasteiger partial charge in [-0.2, -0.15) is 5.10 Å². The third kappa shape index (κ3) is 5.01. The number of nitrogens with zero attached hydrogens (tertiary/aromatic N) is 3. The summed E-state index contributed by atoms with van der Waals surface area (Å²) in [6, 6.07) is 14.6. The van der Waals surface area contributed by atoms with Gasteiger partial charge in [0.25, 0.3) is 5.56 Å². The Morgan fingerprint density at radius 2 is 1.79 bits per heavy atom. The van der Waals surface area contributed by atoms with Crippen molar-refractivity contribution in [3.8, 4) is 22.8 Å². The number of carbonyl (C=O) groups excluding carboxylic acids is 1. The van der Waals surface area contributed by atoms with E-state index in [0.717, 1.165) is 11.1 Å². The third-order valence-corrected chi connectivity index (χ3v) is 5.50. The van der Waals surface area contributed by atoms with Crippen molar-refractivity contribution in [2.45, 2.75) is 13.0 Å². The Balaban J connectivity index is 1.47. The van der Waals surface area contributed by atoms with Crippen LogP contribution < -0.4 is 20.3 Å². The van der Waals surface area contributed by atoms with E-state index < -0.39 is 0 Å². The van der Waals surface area contributed by atoms with Crippen molar-refractivity contribution in [1.29, 1.82) is 0 Å². The molecule has 0 radical (unpaired) electrons. The van der Waals surface area contributed by atoms with Crippen LogP contribution in [-0.2, 0) is 17.8 Å². The molecular formula is C24H23ClN4O4. The monoisotopic (exact) mass is 466 g/mol. The molecule has 0 spiro atoms. The zero-order chi connectivity index (χ0) is 23.4. The molecule has 0 saturated heterocycles. The fourth-order valence-electron chi connectivity index (χ4n) is 3.50. The van der Waals surface area contributed by atoms with Crippen molar-refractivity contribution in [2.24, 2.45) is 0 Å². The third-order valence-electron chi connectivity index (χ3n) is 5.25. The normalized spacial score (nSPS) is 10.9. The van der Waals surface area contributed by atoms with Crippen molar-refractivity contribution in [3.63, 3.8) is 0 Å². The van der Waals surface area contributed by atoms with Gasteiger partial charge in [-0.25, -0.2) is 4.52 Å². The molecule has 2 aromatic heterocycles. The largest absolute Gasteiger partial charge is 0.493 e. The first kappa shape index (κ1) is 22.4. The molecule has 0 unspecified atom stereocenters. The predicted molar refractivity (Wildman–Crippen MR) is 126 cm³/mol. The molecule has 1 N–H and O–H groups in total. The Labute approximate surface area is 195 Å². The summed E-state index contributed by atoms with van der Waals surface area (Å²) in [5.41, 5.74) is 2.53. The van der Waals surface area contributed by atoms with E-state index in [4.69, 9.17) is 21.1 Å². The van der Waals surface area contributed by atoms with Gasteiger partial charge in [0, 0.05) is 29.5 Å². The highest BCUT2D eigenvalue weighted by Gasteiger charge is 2.13. The molecule has 0 aliphatic heterocycles. The van der Waals surface area contributed by atoms with Crippen LogP contribution in [0.5, 0.6) is 11.5 Å². The van der Waals surface area contributed by atoms with Gasteiger partial charge in [0.05, 0.1) is 19.9 Å². The summed E-state index contributed by atoms with van der Waals surface area (Å²) in [4.78, 5) is 25.3. The van der Waals surface area contributed by atoms with E-state index >= 15 is 0 Å². The number of methoxy groups -OCH3 is 2. The maximum atomic E-state index is 12.9. The van der Waals surface area contributed by atoms with Crippen molar-refractivity contribution in [1.82, 2.24) is 19.5 Å². The van der Waals surface area contributed by atoms with Gasteiger partial charge in [0.2, 0.25) is 5.91 Å². The first-order valence-electron chi connectivity index (χ1n) is 10.3. The van der Waals surface area contributed by atoms with E-state index in [1.54, 1.807) is 44.8 Å². The van der Waals surface area contributed by atoms with E-state index in [0.29, 0.717) is 40.7 Å². The van der Waals surface area contributed by atoms with Gasteiger partial charge >= 0.3 is 0 Å². The Morgan fingerprint density at radius 1 is 1.03 bits per heavy atom. The summed E-state index contributed by atoms with van der Waals surface area (Å²) in [7, 11) is 3.13. The Hall–Kier alpha value is -3.78. The second-order valence-electron chi connectivity index (χ2n) is 7.39. The second-order valence-corrected chi connectivity index (χ2v) is 7.82. The maximum absolute atomic E-state index is 12.9. The Kier molecular flexibility index (Phi) is 6.65. The average Bonchev–Trinajstić information content (AvgIpc) is 3.27. The lowest BCUT2D eigenvalue weighted by Gasteiger charge is -2.08. The molecule has 2 heterocycles. The van der Waals surface area contributed by atoms with Crippen LogP contribution >= 0.6 is 11.6 Å². The first-order valence-corrected chi connectivity index (χ1v) is 10.7. The number of rotatable bonds is 8. The molecule has 0 atom stereocenters. The zero-order valence-corrected chi connectivity index (χ0v) is 19.0. The number of halogens is 1. The second kappa shape index (κ2) is 9.79. The number of nitrogens with one attached hydrogen (secondary N) is 1. The van der Waals surface area contributed by atoms with Gasteiger partial charge in [-0.05, 0) is 48.4 Å². The minimum atomic E-state index is -0.301. The van der Waals surface area contributed by atoms with Crippen molar-refractivity contribution in [2.75, 3.05) is 20.8 Å². The van der Waals surface area contributed by atoms with E-state index in [1.165, 1.54) is 9.08 Å². The van der Waals surface area contributed by atoms with E-state index in [9.17, 15) is 9.59 Å². The highest BCUT2D eigenvalue weighted by atomic mass is 35.5. The molecular weight excluding hydrogens is 444 g/mol. The van der Waals surface area contributed by atoms with Crippen LogP contribution in [0.25, 0.3) is 16.8 Å². The van der Waals surface area contributed by atoms with Crippen LogP contribution in [0.1, 0.15) is 5.56 Å². The molecule has 4 aromatic rings. The molecule has 8 nitrogen and oxygen atoms in total. The lowest BCUT2D eigenvalue weighted by Crippen LogP contribution is -2.33. The summed E-state index contributed by atoms with van der Waals surface area (Å²) < 4.78 is 13.5. The van der Waals surface area contributed by atoms with E-state index in [2.05, 4.69) is 10.4 Å². The number of fused-ring (bicyclic) bond motifs is 1. The Bertz CT molecular complexity index is 1350. The molecule has 1 amide bonds. The summed E-state index contributed by atoms with van der Waals surface area (Å²) in [5, 5.41) is 8.00. The quantitative estimate of drug-likeness (QED) is 0.431. The van der Waals surface area contributed by atoms with Gasteiger partial charge in [-0.1, -0.05) is 23.7 Å². The topological polar surface area (TPSA) is 86.9 Å². The van der Waals surface area contributed by atoms with Crippen LogP contribution in [0.4, 0.5) is 0 Å². The SMILES string of the molecule is COc1ccc(-c2cc3c(=O)n(CC(=O)NCCc4ccc(Cl)cc4)ccn3n2)cc1OC. The highest BCUT2D eigenvalue weighted by molar-refractivity contribution is 6.30. The number of ether oxygens (including phenoxy) is 2. The lowest BCUT2D eigenvalue weighted by atomic mass is 10.1. The van der Waals surface area contributed by atoms with E-state index in [1.807, 2.05) is 30.3 Å². The predicted octanol–water partition coefficient (Wildman–Crippen LogP) is 3.19. The summed E-state index contributed by atoms with van der Waals surface area (Å²) in [5.74, 6) is 0.934. The summed E-state index contributed by atoms with van der Waals surface area (Å²) >= 11 is 5.89. The number of hydrogen-bond donors (Lipinski definition) is 1. The average molecular weight is 467 g/mol. The van der Waals surface area contributed by atoms with Crippen LogP contribution in [0, 0.1) is 0 Å². The van der Waals surface area contributed by atoms with Crippen molar-refractivity contribution in [3.05, 3.63) is 81.9 Å². The maximum Gasteiger partial charge on any atom is 0.277 e. The summed E-state index contributed by atoms with van der Waals surface area (Å²) in [6.07, 6.45) is 3.88. The van der Waals surface area contributed by atoms with E-state index in [-0.39, 0.29) is 18.0 Å². The molecule has 0 aliphatic rings. The minimum absolute atomic E-state index is 0.0766. The van der Waals surface area contributed by atoms with Crippen LogP contribution in [0.15, 0.2) is 65.7 Å². The lowest BCUT2D eigenvalue weighted by molar-refractivity contribution is -0.121. The minimum Gasteiger partial charge on any atom is -0.493 e. The van der Waals surface area contributed by atoms with Gasteiger partial charge in [0.1, 0.15) is 12.1 Å². The number of benzene rings is 2. The molecule has 33 heavy (non-hydrogen) atoms. The van der Waals surface area contributed by atoms with Crippen LogP contribution in [0.3, 0.4) is 0 Å². The number of hydrogen-bond acceptors (Lipinski definition) is 5. The van der Waals surface area contributed by atoms with Gasteiger partial charge < -0.3 is 19.4 Å². The Morgan fingerprint density at radius 3 is 2.52 bits per heavy atom. The van der Waals surface area contributed by atoms with Crippen molar-refractivity contribution < 1.29 is 14.3 Å². The highest BCUT2D eigenvalue weighted by Crippen LogP contribution is 2.31. The molecule has 170 valence electrons. The molecule has 0 aliphatic carbocycles. The zero-order valence-electron chi connectivity index (χ0n) is 18.2. The number of carbonyl (C=O) groups is 1. The first-order chi connectivity index (χ1) is 16.0. The smallest absolute Gasteiger partial charge is 0.277 e. The van der Waals surface area contributed by atoms with Crippen molar-refractivity contribution >= 4 is 23.0 Å². The molecule has 9 heteroatoms. The molecule has 0 saturated carbocycles. The van der Waals surface area contributed by atoms with Crippen LogP contribution in [0.2, 0.25) is 5.02 Å². The number of aromatic nitrogens is 3. The van der Waals surface area contributed by atoms with Gasteiger partial charge in [0.15, 0.2) is 11.5 Å². The molecule has 4 rings (SSSR count). The summed E-state index contributed by atoms with van der Waals surface area (Å²) in [6.45, 7) is 0.389. The molecule has 0 fully saturated rings. The fraction of sp³-hybridized carbons (Fsp3) is 0.208. The van der Waals surface area contributed by atoms with Crippen LogP contribution in [-0.4, -0.2) is 40.9 Å². The molecule has 2 aromatic carbocycles. The number of amides is 1. The van der Waals surface area contributed by atoms with Gasteiger partial charge in [-0.3, -0.25) is 9.59 Å².